The maximum absolute atomic E-state index is 3.85. The fourth-order valence-corrected chi connectivity index (χ4v) is 4.86. The molecule has 0 spiro atoms. The van der Waals surface area contributed by atoms with Crippen LogP contribution in [0.2, 0.25) is 0 Å². The first kappa shape index (κ1) is 19.7. The molecule has 0 amide bonds. The number of hydrogen-bond acceptors (Lipinski definition) is 2. The Morgan fingerprint density at radius 3 is 2.32 bits per heavy atom. The summed E-state index contributed by atoms with van der Waals surface area (Å²) in [6, 6.07) is 15.0. The molecule has 0 saturated heterocycles. The van der Waals surface area contributed by atoms with Gasteiger partial charge in [-0.25, -0.2) is 0 Å². The van der Waals surface area contributed by atoms with Gasteiger partial charge in [0, 0.05) is 12.6 Å². The first-order chi connectivity index (χ1) is 13.6. The van der Waals surface area contributed by atoms with Gasteiger partial charge in [0.25, 0.3) is 0 Å². The molecule has 4 rings (SSSR count). The van der Waals surface area contributed by atoms with E-state index in [2.05, 4.69) is 67.8 Å². The van der Waals surface area contributed by atoms with E-state index in [-0.39, 0.29) is 0 Å². The standard InChI is InChI=1S/C26H36N2/c1-18(2)21-5-7-25-17-28-26(9-8-23(25)15-21)14-19(3)22-6-4-20-10-12-27-13-11-24(20)16-22/h4-7,15-16,18-19,26-28H,8-14,17H2,1-3H3. The topological polar surface area (TPSA) is 24.1 Å². The lowest BCUT2D eigenvalue weighted by molar-refractivity contribution is 0.436. The highest BCUT2D eigenvalue weighted by Crippen LogP contribution is 2.28. The fourth-order valence-electron chi connectivity index (χ4n) is 4.86. The van der Waals surface area contributed by atoms with Gasteiger partial charge in [0.2, 0.25) is 0 Å². The van der Waals surface area contributed by atoms with E-state index in [1.165, 1.54) is 48.8 Å². The van der Waals surface area contributed by atoms with Crippen LogP contribution in [0.1, 0.15) is 78.8 Å². The predicted octanol–water partition coefficient (Wildman–Crippen LogP) is 5.10. The van der Waals surface area contributed by atoms with Crippen LogP contribution in [0.15, 0.2) is 36.4 Å². The number of nitrogens with one attached hydrogen (secondary N) is 2. The third-order valence-electron chi connectivity index (χ3n) is 6.82. The van der Waals surface area contributed by atoms with Crippen LogP contribution in [0.4, 0.5) is 0 Å². The predicted molar refractivity (Wildman–Crippen MR) is 119 cm³/mol. The number of aryl methyl sites for hydroxylation is 1. The molecule has 0 aromatic heterocycles. The lowest BCUT2D eigenvalue weighted by Gasteiger charge is -2.22. The van der Waals surface area contributed by atoms with Gasteiger partial charge in [0.1, 0.15) is 0 Å². The summed E-state index contributed by atoms with van der Waals surface area (Å²) in [5.74, 6) is 1.21. The van der Waals surface area contributed by atoms with Gasteiger partial charge in [-0.05, 0) is 90.4 Å². The van der Waals surface area contributed by atoms with Crippen molar-refractivity contribution in [3.63, 3.8) is 0 Å². The number of fused-ring (bicyclic) bond motifs is 2. The summed E-state index contributed by atoms with van der Waals surface area (Å²) >= 11 is 0. The van der Waals surface area contributed by atoms with Gasteiger partial charge in [-0.15, -0.1) is 0 Å². The Morgan fingerprint density at radius 1 is 0.821 bits per heavy atom. The molecule has 2 unspecified atom stereocenters. The minimum atomic E-state index is 0.602. The van der Waals surface area contributed by atoms with Crippen LogP contribution < -0.4 is 10.6 Å². The van der Waals surface area contributed by atoms with E-state index in [1.807, 2.05) is 0 Å². The Morgan fingerprint density at radius 2 is 1.50 bits per heavy atom. The van der Waals surface area contributed by atoms with Crippen molar-refractivity contribution in [3.05, 3.63) is 69.8 Å². The number of rotatable bonds is 4. The molecule has 2 aromatic rings. The minimum Gasteiger partial charge on any atom is -0.316 e. The van der Waals surface area contributed by atoms with Crippen molar-refractivity contribution < 1.29 is 0 Å². The summed E-state index contributed by atoms with van der Waals surface area (Å²) in [4.78, 5) is 0. The SMILES string of the molecule is CC(C)c1ccc2c(c1)CCC(CC(C)c1ccc3c(c1)CCNCC3)NC2. The molecule has 2 heterocycles. The van der Waals surface area contributed by atoms with Crippen molar-refractivity contribution in [1.82, 2.24) is 10.6 Å². The molecule has 0 saturated carbocycles. The molecule has 2 nitrogen and oxygen atoms in total. The lowest BCUT2D eigenvalue weighted by atomic mass is 9.88. The smallest absolute Gasteiger partial charge is 0.0210 e. The Labute approximate surface area is 171 Å². The molecule has 0 aliphatic carbocycles. The van der Waals surface area contributed by atoms with E-state index < -0.39 is 0 Å². The van der Waals surface area contributed by atoms with Crippen LogP contribution in [-0.2, 0) is 25.8 Å². The molecule has 2 aliphatic rings. The Balaban J connectivity index is 1.41. The summed E-state index contributed by atoms with van der Waals surface area (Å²) in [5, 5.41) is 7.37. The molecule has 2 heteroatoms. The van der Waals surface area contributed by atoms with Gasteiger partial charge in [-0.3, -0.25) is 0 Å². The maximum Gasteiger partial charge on any atom is 0.0210 e. The highest BCUT2D eigenvalue weighted by Gasteiger charge is 2.20. The van der Waals surface area contributed by atoms with Gasteiger partial charge in [-0.1, -0.05) is 57.2 Å². The highest BCUT2D eigenvalue weighted by molar-refractivity contribution is 5.36. The second kappa shape index (κ2) is 8.80. The second-order valence-corrected chi connectivity index (χ2v) is 9.21. The monoisotopic (exact) mass is 376 g/mol. The molecule has 0 fully saturated rings. The van der Waals surface area contributed by atoms with E-state index in [9.17, 15) is 0 Å². The van der Waals surface area contributed by atoms with Crippen LogP contribution in [0.3, 0.4) is 0 Å². The van der Waals surface area contributed by atoms with Gasteiger partial charge in [0.15, 0.2) is 0 Å². The van der Waals surface area contributed by atoms with Gasteiger partial charge in [-0.2, -0.15) is 0 Å². The third-order valence-corrected chi connectivity index (χ3v) is 6.82. The molecule has 150 valence electrons. The zero-order chi connectivity index (χ0) is 19.5. The van der Waals surface area contributed by atoms with E-state index in [0.29, 0.717) is 17.9 Å². The average molecular weight is 377 g/mol. The summed E-state index contributed by atoms with van der Waals surface area (Å²) in [6.07, 6.45) is 6.02. The largest absolute Gasteiger partial charge is 0.316 e. The maximum atomic E-state index is 3.85. The molecule has 2 aliphatic heterocycles. The van der Waals surface area contributed by atoms with E-state index in [4.69, 9.17) is 0 Å². The zero-order valence-corrected chi connectivity index (χ0v) is 17.9. The fraction of sp³-hybridized carbons (Fsp3) is 0.538. The van der Waals surface area contributed by atoms with Gasteiger partial charge in [0.05, 0.1) is 0 Å². The molecule has 2 atom stereocenters. The Hall–Kier alpha value is -1.64. The van der Waals surface area contributed by atoms with E-state index >= 15 is 0 Å². The van der Waals surface area contributed by atoms with Crippen LogP contribution in [0, 0.1) is 0 Å². The quantitative estimate of drug-likeness (QED) is 0.776. The normalized spacial score (nSPS) is 20.8. The Kier molecular flexibility index (Phi) is 6.18. The first-order valence-electron chi connectivity index (χ1n) is 11.3. The molecule has 28 heavy (non-hydrogen) atoms. The summed E-state index contributed by atoms with van der Waals surface area (Å²) in [6.45, 7) is 10.2. The van der Waals surface area contributed by atoms with Crippen molar-refractivity contribution in [2.45, 2.75) is 77.3 Å². The molecule has 0 bridgehead atoms. The van der Waals surface area contributed by atoms with E-state index in [1.54, 1.807) is 16.7 Å². The third kappa shape index (κ3) is 4.50. The minimum absolute atomic E-state index is 0.602. The van der Waals surface area contributed by atoms with Crippen LogP contribution >= 0.6 is 0 Å². The van der Waals surface area contributed by atoms with Gasteiger partial charge >= 0.3 is 0 Å². The van der Waals surface area contributed by atoms with Gasteiger partial charge < -0.3 is 10.6 Å². The van der Waals surface area contributed by atoms with Crippen LogP contribution in [0.25, 0.3) is 0 Å². The zero-order valence-electron chi connectivity index (χ0n) is 17.9. The van der Waals surface area contributed by atoms with Crippen molar-refractivity contribution in [2.24, 2.45) is 0 Å². The van der Waals surface area contributed by atoms with Crippen molar-refractivity contribution >= 4 is 0 Å². The molecular formula is C26H36N2. The highest BCUT2D eigenvalue weighted by atomic mass is 14.9. The summed E-state index contributed by atoms with van der Waals surface area (Å²) in [7, 11) is 0. The molecule has 2 aromatic carbocycles. The number of hydrogen-bond donors (Lipinski definition) is 2. The summed E-state index contributed by atoms with van der Waals surface area (Å²) in [5.41, 5.74) is 9.17. The number of benzene rings is 2. The van der Waals surface area contributed by atoms with E-state index in [0.717, 1.165) is 19.6 Å². The van der Waals surface area contributed by atoms with Crippen molar-refractivity contribution in [3.8, 4) is 0 Å². The van der Waals surface area contributed by atoms with Crippen molar-refractivity contribution in [1.29, 1.82) is 0 Å². The lowest BCUT2D eigenvalue weighted by Crippen LogP contribution is -2.28. The van der Waals surface area contributed by atoms with Crippen LogP contribution in [-0.4, -0.2) is 19.1 Å². The van der Waals surface area contributed by atoms with Crippen LogP contribution in [0.5, 0.6) is 0 Å². The Bertz CT molecular complexity index is 808. The van der Waals surface area contributed by atoms with Crippen molar-refractivity contribution in [2.75, 3.05) is 13.1 Å². The molecular weight excluding hydrogens is 340 g/mol. The second-order valence-electron chi connectivity index (χ2n) is 9.21. The average Bonchev–Trinajstić information content (AvgIpc) is 3.05. The first-order valence-corrected chi connectivity index (χ1v) is 11.3. The molecule has 2 N–H and O–H groups in total. The molecule has 0 radical (unpaired) electrons. The summed E-state index contributed by atoms with van der Waals surface area (Å²) < 4.78 is 0.